The van der Waals surface area contributed by atoms with Crippen LogP contribution in [0.4, 0.5) is 0 Å². The van der Waals surface area contributed by atoms with Gasteiger partial charge in [-0.25, -0.2) is 4.98 Å². The molecule has 5 aromatic carbocycles. The predicted molar refractivity (Wildman–Crippen MR) is 193 cm³/mol. The lowest BCUT2D eigenvalue weighted by Gasteiger charge is -2.31. The maximum atomic E-state index is 15.3. The zero-order chi connectivity index (χ0) is 30.4. The molecule has 222 valence electrons. The largest absolute Gasteiger partial charge is 0.313 e. The fraction of sp³-hybridized carbons (Fsp3) is 0.167. The van der Waals surface area contributed by atoms with Crippen molar-refractivity contribution in [2.45, 2.75) is 31.3 Å². The number of allylic oxidation sites excluding steroid dienone is 6. The monoisotopic (exact) mass is 612 g/mol. The van der Waals surface area contributed by atoms with Crippen molar-refractivity contribution in [2.24, 2.45) is 11.8 Å². The molecule has 1 fully saturated rings. The second-order valence-corrected chi connectivity index (χ2v) is 16.4. The van der Waals surface area contributed by atoms with Gasteiger partial charge in [0.05, 0.1) is 16.6 Å². The van der Waals surface area contributed by atoms with E-state index in [9.17, 15) is 0 Å². The molecule has 0 bridgehead atoms. The van der Waals surface area contributed by atoms with E-state index < -0.39 is 7.14 Å². The number of rotatable bonds is 4. The second-order valence-electron chi connectivity index (χ2n) is 13.4. The Morgan fingerprint density at radius 3 is 2.41 bits per heavy atom. The quantitative estimate of drug-likeness (QED) is 0.113. The highest BCUT2D eigenvalue weighted by Gasteiger charge is 2.49. The van der Waals surface area contributed by atoms with E-state index in [1.54, 1.807) is 0 Å². The van der Waals surface area contributed by atoms with E-state index in [-0.39, 0.29) is 5.66 Å². The first-order valence-electron chi connectivity index (χ1n) is 16.6. The number of pyridine rings is 1. The van der Waals surface area contributed by atoms with Gasteiger partial charge in [-0.1, -0.05) is 103 Å². The number of benzene rings is 5. The topological polar surface area (TPSA) is 34.4 Å². The molecule has 0 saturated heterocycles. The van der Waals surface area contributed by atoms with Crippen LogP contribution in [0, 0.1) is 11.8 Å². The lowest BCUT2D eigenvalue weighted by atomic mass is 10.0. The van der Waals surface area contributed by atoms with E-state index in [0.29, 0.717) is 11.8 Å². The summed E-state index contributed by atoms with van der Waals surface area (Å²) >= 11 is 0. The molecular weight excluding hydrogens is 579 g/mol. The molecule has 4 heteroatoms. The number of hydrogen-bond acceptors (Lipinski definition) is 2. The molecule has 2 aromatic heterocycles. The second kappa shape index (κ2) is 9.89. The van der Waals surface area contributed by atoms with Crippen molar-refractivity contribution in [3.05, 3.63) is 139 Å². The number of aromatic nitrogens is 2. The Labute approximate surface area is 268 Å². The van der Waals surface area contributed by atoms with Crippen LogP contribution in [0.25, 0.3) is 60.3 Å². The zero-order valence-corrected chi connectivity index (χ0v) is 26.4. The van der Waals surface area contributed by atoms with E-state index in [1.165, 1.54) is 37.9 Å². The van der Waals surface area contributed by atoms with Gasteiger partial charge in [0.2, 0.25) is 0 Å². The van der Waals surface area contributed by atoms with Crippen molar-refractivity contribution < 1.29 is 4.57 Å². The average molecular weight is 613 g/mol. The maximum absolute atomic E-state index is 15.3. The average Bonchev–Trinajstić information content (AvgIpc) is 3.82. The molecule has 0 radical (unpaired) electrons. The first kappa shape index (κ1) is 26.5. The van der Waals surface area contributed by atoms with Gasteiger partial charge >= 0.3 is 0 Å². The van der Waals surface area contributed by atoms with Gasteiger partial charge in [-0.15, -0.1) is 0 Å². The highest BCUT2D eigenvalue weighted by molar-refractivity contribution is 7.76. The molecule has 46 heavy (non-hydrogen) atoms. The molecule has 10 rings (SSSR count). The summed E-state index contributed by atoms with van der Waals surface area (Å²) in [6.07, 6.45) is 15.5. The molecule has 2 heterocycles. The molecular formula is C42H33N2OP. The number of imidazole rings is 1. The van der Waals surface area contributed by atoms with Gasteiger partial charge in [0.15, 0.2) is 0 Å². The Bertz CT molecular complexity index is 2550. The van der Waals surface area contributed by atoms with E-state index in [1.807, 2.05) is 0 Å². The van der Waals surface area contributed by atoms with Gasteiger partial charge < -0.3 is 4.57 Å². The summed E-state index contributed by atoms with van der Waals surface area (Å²) in [4.78, 5) is 5.12. The Hall–Kier alpha value is -4.72. The summed E-state index contributed by atoms with van der Waals surface area (Å²) in [6.45, 7) is 0. The third-order valence-corrected chi connectivity index (χ3v) is 14.4. The Balaban J connectivity index is 1.10. The summed E-state index contributed by atoms with van der Waals surface area (Å²) in [5.41, 5.74) is 6.69. The molecule has 0 spiro atoms. The Morgan fingerprint density at radius 1 is 0.739 bits per heavy atom. The number of hydrogen-bond donors (Lipinski definition) is 0. The van der Waals surface area contributed by atoms with Crippen LogP contribution in [-0.4, -0.2) is 15.0 Å². The lowest BCUT2D eigenvalue weighted by Crippen LogP contribution is -2.20. The van der Waals surface area contributed by atoms with Crippen molar-refractivity contribution in [1.29, 1.82) is 0 Å². The van der Waals surface area contributed by atoms with Crippen LogP contribution in [0.15, 0.2) is 139 Å². The van der Waals surface area contributed by atoms with Crippen LogP contribution in [0.3, 0.4) is 0 Å². The molecule has 0 amide bonds. The molecule has 4 atom stereocenters. The summed E-state index contributed by atoms with van der Waals surface area (Å²) < 4.78 is 17.6. The highest BCUT2D eigenvalue weighted by Crippen LogP contribution is 2.68. The first-order chi connectivity index (χ1) is 22.7. The SMILES string of the molecule is O=P(C1=CC=CC2CC12)(c1ccc2cc(-c3ccc4nc5c6ccccc6c6ccccc6n5c4c3)ccc2c1)C1C=CCCC1. The van der Waals surface area contributed by atoms with Crippen molar-refractivity contribution in [3.8, 4) is 11.1 Å². The van der Waals surface area contributed by atoms with Crippen molar-refractivity contribution in [2.75, 3.05) is 0 Å². The van der Waals surface area contributed by atoms with E-state index in [0.717, 1.165) is 58.6 Å². The number of para-hydroxylation sites is 1. The first-order valence-corrected chi connectivity index (χ1v) is 18.4. The van der Waals surface area contributed by atoms with Gasteiger partial charge in [-0.3, -0.25) is 4.40 Å². The van der Waals surface area contributed by atoms with Gasteiger partial charge in [-0.05, 0) is 100 Å². The fourth-order valence-electron chi connectivity index (χ4n) is 8.28. The fourth-order valence-corrected chi connectivity index (χ4v) is 12.0. The number of nitrogens with zero attached hydrogens (tertiary/aromatic N) is 2. The third kappa shape index (κ3) is 3.85. The summed E-state index contributed by atoms with van der Waals surface area (Å²) in [6, 6.07) is 37.1. The zero-order valence-electron chi connectivity index (χ0n) is 25.5. The minimum atomic E-state index is -2.78. The van der Waals surface area contributed by atoms with Crippen LogP contribution >= 0.6 is 7.14 Å². The van der Waals surface area contributed by atoms with Gasteiger partial charge in [0.25, 0.3) is 0 Å². The van der Waals surface area contributed by atoms with E-state index in [4.69, 9.17) is 4.98 Å². The summed E-state index contributed by atoms with van der Waals surface area (Å²) in [7, 11) is -2.78. The van der Waals surface area contributed by atoms with Crippen LogP contribution in [0.2, 0.25) is 0 Å². The third-order valence-electron chi connectivity index (χ3n) is 10.7. The predicted octanol–water partition coefficient (Wildman–Crippen LogP) is 10.8. The molecule has 7 aromatic rings. The summed E-state index contributed by atoms with van der Waals surface area (Å²) in [5, 5.41) is 8.16. The van der Waals surface area contributed by atoms with Crippen LogP contribution < -0.4 is 5.30 Å². The molecule has 4 unspecified atom stereocenters. The lowest BCUT2D eigenvalue weighted by molar-refractivity contribution is 0.570. The molecule has 0 N–H and O–H groups in total. The van der Waals surface area contributed by atoms with Crippen LogP contribution in [0.5, 0.6) is 0 Å². The maximum Gasteiger partial charge on any atom is 0.146 e. The molecule has 3 nitrogen and oxygen atoms in total. The van der Waals surface area contributed by atoms with Crippen LogP contribution in [0.1, 0.15) is 25.7 Å². The highest BCUT2D eigenvalue weighted by atomic mass is 31.2. The van der Waals surface area contributed by atoms with Crippen molar-refractivity contribution in [3.63, 3.8) is 0 Å². The van der Waals surface area contributed by atoms with E-state index in [2.05, 4.69) is 138 Å². The smallest absolute Gasteiger partial charge is 0.146 e. The normalized spacial score (nSPS) is 22.0. The molecule has 3 aliphatic rings. The Morgan fingerprint density at radius 2 is 1.52 bits per heavy atom. The summed E-state index contributed by atoms with van der Waals surface area (Å²) in [5.74, 6) is 1.03. The van der Waals surface area contributed by atoms with Gasteiger partial charge in [-0.2, -0.15) is 0 Å². The minimum absolute atomic E-state index is 0.0994. The molecule has 3 aliphatic carbocycles. The number of fused-ring (bicyclic) bond motifs is 10. The van der Waals surface area contributed by atoms with Gasteiger partial charge in [0, 0.05) is 21.7 Å². The van der Waals surface area contributed by atoms with Crippen molar-refractivity contribution in [1.82, 2.24) is 9.38 Å². The van der Waals surface area contributed by atoms with Crippen LogP contribution in [-0.2, 0) is 4.57 Å². The minimum Gasteiger partial charge on any atom is -0.313 e. The molecule has 1 saturated carbocycles. The molecule has 0 aliphatic heterocycles. The van der Waals surface area contributed by atoms with E-state index >= 15 is 4.57 Å². The van der Waals surface area contributed by atoms with Gasteiger partial charge in [0.1, 0.15) is 12.8 Å². The van der Waals surface area contributed by atoms with Crippen molar-refractivity contribution >= 4 is 61.6 Å². The Kier molecular flexibility index (Phi) is 5.69. The standard InChI is InChI=1S/C42H33N2OP/c45-46(32-10-2-1-3-11-32,41-16-8-9-31-25-37(31)41)33-21-19-28-23-27(17-18-29(28)24-33)30-20-22-38-40(26-30)44-39-15-7-6-13-35(39)34-12-4-5-14-36(34)42(44)43-38/h2,4-10,12-24,26,31-32,37H,1,3,11,25H2.